The highest BCUT2D eigenvalue weighted by Gasteiger charge is 2.08. The predicted molar refractivity (Wildman–Crippen MR) is 68.5 cm³/mol. The summed E-state index contributed by atoms with van der Waals surface area (Å²) in [6, 6.07) is 2.98. The molecule has 0 saturated heterocycles. The number of nitro groups is 1. The number of thiophene rings is 1. The van der Waals surface area contributed by atoms with Gasteiger partial charge in [-0.15, -0.1) is 10.2 Å². The van der Waals surface area contributed by atoms with Crippen LogP contribution in [0.4, 0.5) is 10.1 Å². The first kappa shape index (κ1) is 12.3. The zero-order valence-corrected chi connectivity index (χ0v) is 10.4. The minimum atomic E-state index is -0.469. The van der Waals surface area contributed by atoms with Crippen LogP contribution in [0.3, 0.4) is 0 Å². The van der Waals surface area contributed by atoms with Crippen LogP contribution in [0.2, 0.25) is 0 Å². The van der Waals surface area contributed by atoms with Crippen molar-refractivity contribution in [2.45, 2.75) is 0 Å². The Balaban J connectivity index is 1.97. The fraction of sp³-hybridized carbons (Fsp3) is 0. The van der Waals surface area contributed by atoms with E-state index in [4.69, 9.17) is 0 Å². The number of amides is 1. The van der Waals surface area contributed by atoms with Crippen LogP contribution in [0.25, 0.3) is 6.08 Å². The normalized spacial score (nSPS) is 10.7. The average Bonchev–Trinajstić information content (AvgIpc) is 2.96. The van der Waals surface area contributed by atoms with Crippen molar-refractivity contribution < 1.29 is 9.72 Å². The molecular weight excluding hydrogens is 276 g/mol. The molecule has 0 unspecified atom stereocenters. The van der Waals surface area contributed by atoms with E-state index in [1.165, 1.54) is 35.1 Å². The van der Waals surface area contributed by atoms with Crippen LogP contribution in [-0.2, 0) is 4.79 Å². The molecule has 18 heavy (non-hydrogen) atoms. The molecule has 0 aromatic carbocycles. The summed E-state index contributed by atoms with van der Waals surface area (Å²) < 4.78 is 0. The Morgan fingerprint density at radius 2 is 2.33 bits per heavy atom. The van der Waals surface area contributed by atoms with Gasteiger partial charge in [0, 0.05) is 17.0 Å². The molecule has 1 amide bonds. The largest absolute Gasteiger partial charge is 0.324 e. The van der Waals surface area contributed by atoms with Crippen LogP contribution in [0.5, 0.6) is 0 Å². The maximum atomic E-state index is 11.4. The second kappa shape index (κ2) is 5.47. The first-order valence-corrected chi connectivity index (χ1v) is 6.34. The predicted octanol–water partition coefficient (Wildman–Crippen LogP) is 2.16. The number of hydrogen-bond acceptors (Lipinski definition) is 7. The number of carbonyl (C=O) groups is 1. The molecule has 0 saturated carbocycles. The van der Waals surface area contributed by atoms with Crippen LogP contribution in [0.15, 0.2) is 23.7 Å². The minimum Gasteiger partial charge on any atom is -0.297 e. The van der Waals surface area contributed by atoms with Gasteiger partial charge in [-0.2, -0.15) is 0 Å². The number of hydrogen-bond donors (Lipinski definition) is 1. The topological polar surface area (TPSA) is 98.0 Å². The molecule has 7 nitrogen and oxygen atoms in total. The molecule has 0 bridgehead atoms. The van der Waals surface area contributed by atoms with Gasteiger partial charge in [0.15, 0.2) is 0 Å². The minimum absolute atomic E-state index is 0.0409. The van der Waals surface area contributed by atoms with Crippen molar-refractivity contribution in [2.75, 3.05) is 5.32 Å². The first-order valence-electron chi connectivity index (χ1n) is 4.64. The monoisotopic (exact) mass is 282 g/mol. The van der Waals surface area contributed by atoms with Gasteiger partial charge >= 0.3 is 5.00 Å². The summed E-state index contributed by atoms with van der Waals surface area (Å²) in [6.07, 6.45) is 2.80. The summed E-state index contributed by atoms with van der Waals surface area (Å²) in [6.45, 7) is 0. The van der Waals surface area contributed by atoms with E-state index < -0.39 is 4.92 Å². The molecule has 2 aromatic rings. The summed E-state index contributed by atoms with van der Waals surface area (Å²) in [5.74, 6) is -0.359. The quantitative estimate of drug-likeness (QED) is 0.526. The Morgan fingerprint density at radius 3 is 2.94 bits per heavy atom. The van der Waals surface area contributed by atoms with Gasteiger partial charge in [0.2, 0.25) is 11.0 Å². The first-order chi connectivity index (χ1) is 8.65. The molecule has 2 aromatic heterocycles. The Hall–Kier alpha value is -2.13. The van der Waals surface area contributed by atoms with Crippen molar-refractivity contribution in [3.05, 3.63) is 38.7 Å². The average molecular weight is 282 g/mol. The van der Waals surface area contributed by atoms with Gasteiger partial charge in [0.1, 0.15) is 5.51 Å². The highest BCUT2D eigenvalue weighted by molar-refractivity contribution is 7.16. The van der Waals surface area contributed by atoms with E-state index >= 15 is 0 Å². The summed E-state index contributed by atoms with van der Waals surface area (Å²) in [7, 11) is 0. The van der Waals surface area contributed by atoms with E-state index in [9.17, 15) is 14.9 Å². The molecule has 92 valence electrons. The number of anilines is 1. The van der Waals surface area contributed by atoms with Crippen LogP contribution >= 0.6 is 22.7 Å². The maximum Gasteiger partial charge on any atom is 0.324 e. The standard InChI is InChI=1S/C9H6N4O3S2/c14-7(11-9-12-10-5-17-9)3-1-6-2-4-8(18-6)13(15)16/h1-5H,(H,11,12,14)/b3-1+. The molecule has 0 fully saturated rings. The fourth-order valence-electron chi connectivity index (χ4n) is 1.06. The third-order valence-electron chi connectivity index (χ3n) is 1.78. The molecule has 0 aliphatic carbocycles. The van der Waals surface area contributed by atoms with E-state index in [0.717, 1.165) is 11.3 Å². The fourth-order valence-corrected chi connectivity index (χ4v) is 2.23. The van der Waals surface area contributed by atoms with Crippen LogP contribution in [0, 0.1) is 10.1 Å². The summed E-state index contributed by atoms with van der Waals surface area (Å²) >= 11 is 2.21. The van der Waals surface area contributed by atoms with E-state index in [-0.39, 0.29) is 10.9 Å². The zero-order chi connectivity index (χ0) is 13.0. The van der Waals surface area contributed by atoms with E-state index in [1.54, 1.807) is 6.07 Å². The Labute approximate surface area is 109 Å². The molecule has 0 spiro atoms. The van der Waals surface area contributed by atoms with Crippen molar-refractivity contribution in [1.29, 1.82) is 0 Å². The molecule has 0 aliphatic heterocycles. The molecule has 2 heterocycles. The molecule has 2 rings (SSSR count). The summed E-state index contributed by atoms with van der Waals surface area (Å²) in [5, 5.41) is 20.6. The number of nitrogens with one attached hydrogen (secondary N) is 1. The highest BCUT2D eigenvalue weighted by Crippen LogP contribution is 2.24. The van der Waals surface area contributed by atoms with Crippen molar-refractivity contribution in [1.82, 2.24) is 10.2 Å². The van der Waals surface area contributed by atoms with Crippen molar-refractivity contribution in [3.8, 4) is 0 Å². The van der Waals surface area contributed by atoms with Crippen molar-refractivity contribution >= 4 is 44.8 Å². The maximum absolute atomic E-state index is 11.4. The molecule has 1 N–H and O–H groups in total. The lowest BCUT2D eigenvalue weighted by molar-refractivity contribution is -0.380. The smallest absolute Gasteiger partial charge is 0.297 e. The van der Waals surface area contributed by atoms with E-state index in [2.05, 4.69) is 15.5 Å². The molecular formula is C9H6N4O3S2. The van der Waals surface area contributed by atoms with Gasteiger partial charge in [-0.1, -0.05) is 22.7 Å². The Kier molecular flexibility index (Phi) is 3.75. The van der Waals surface area contributed by atoms with Gasteiger partial charge in [-0.3, -0.25) is 20.2 Å². The van der Waals surface area contributed by atoms with E-state index in [0.29, 0.717) is 10.0 Å². The number of nitrogens with zero attached hydrogens (tertiary/aromatic N) is 3. The van der Waals surface area contributed by atoms with Crippen LogP contribution in [-0.4, -0.2) is 21.0 Å². The zero-order valence-electron chi connectivity index (χ0n) is 8.77. The van der Waals surface area contributed by atoms with Crippen LogP contribution < -0.4 is 5.32 Å². The van der Waals surface area contributed by atoms with E-state index in [1.807, 2.05) is 0 Å². The third kappa shape index (κ3) is 3.18. The highest BCUT2D eigenvalue weighted by atomic mass is 32.1. The molecule has 0 aliphatic rings. The van der Waals surface area contributed by atoms with Gasteiger partial charge in [-0.05, 0) is 12.1 Å². The van der Waals surface area contributed by atoms with Gasteiger partial charge < -0.3 is 0 Å². The number of aromatic nitrogens is 2. The summed E-state index contributed by atoms with van der Waals surface area (Å²) in [5.41, 5.74) is 1.50. The molecule has 0 atom stereocenters. The second-order valence-corrected chi connectivity index (χ2v) is 4.93. The number of rotatable bonds is 4. The number of carbonyl (C=O) groups excluding carboxylic acids is 1. The molecule has 0 radical (unpaired) electrons. The Morgan fingerprint density at radius 1 is 1.50 bits per heavy atom. The van der Waals surface area contributed by atoms with Crippen molar-refractivity contribution in [2.24, 2.45) is 0 Å². The lowest BCUT2D eigenvalue weighted by atomic mass is 10.4. The van der Waals surface area contributed by atoms with Crippen LogP contribution in [0.1, 0.15) is 4.88 Å². The lowest BCUT2D eigenvalue weighted by Gasteiger charge is -1.92. The molecule has 9 heteroatoms. The summed E-state index contributed by atoms with van der Waals surface area (Å²) in [4.78, 5) is 22.1. The SMILES string of the molecule is O=C(/C=C/c1ccc([N+](=O)[O-])s1)Nc1nncs1. The van der Waals surface area contributed by atoms with Gasteiger partial charge in [0.25, 0.3) is 0 Å². The third-order valence-corrected chi connectivity index (χ3v) is 3.39. The van der Waals surface area contributed by atoms with Gasteiger partial charge in [0.05, 0.1) is 4.92 Å². The second-order valence-electron chi connectivity index (χ2n) is 3.00. The van der Waals surface area contributed by atoms with Gasteiger partial charge in [-0.25, -0.2) is 0 Å². The lowest BCUT2D eigenvalue weighted by Crippen LogP contribution is -2.07. The Bertz CT molecular complexity index is 591. The van der Waals surface area contributed by atoms with Crippen molar-refractivity contribution in [3.63, 3.8) is 0 Å².